The molecule has 0 bridgehead atoms. The van der Waals surface area contributed by atoms with Crippen molar-refractivity contribution in [1.29, 1.82) is 0 Å². The molecule has 2 aliphatic heterocycles. The van der Waals surface area contributed by atoms with Crippen LogP contribution < -0.4 is 0 Å². The van der Waals surface area contributed by atoms with E-state index in [4.69, 9.17) is 11.6 Å². The Labute approximate surface area is 149 Å². The maximum Gasteiger partial charge on any atom is 0.225 e. The van der Waals surface area contributed by atoms with Crippen LogP contribution in [0.1, 0.15) is 38.2 Å². The second-order valence-corrected chi connectivity index (χ2v) is 7.79. The Morgan fingerprint density at radius 1 is 1.25 bits per heavy atom. The number of halogens is 1. The molecular formula is C19H27ClN2O2. The molecule has 2 heterocycles. The van der Waals surface area contributed by atoms with Crippen molar-refractivity contribution in [2.75, 3.05) is 26.2 Å². The predicted octanol–water partition coefficient (Wildman–Crippen LogP) is 3.52. The first-order valence-corrected chi connectivity index (χ1v) is 9.39. The van der Waals surface area contributed by atoms with E-state index in [2.05, 4.69) is 16.7 Å². The Morgan fingerprint density at radius 3 is 2.71 bits per heavy atom. The number of carbonyl (C=O) groups excluding carboxylic acids is 1. The number of piperidine rings is 2. The molecule has 2 saturated heterocycles. The molecular weight excluding hydrogens is 324 g/mol. The summed E-state index contributed by atoms with van der Waals surface area (Å²) in [5.74, 6) is 1.44. The third-order valence-electron chi connectivity index (χ3n) is 5.34. The third-order valence-corrected chi connectivity index (χ3v) is 5.58. The summed E-state index contributed by atoms with van der Waals surface area (Å²) >= 11 is 6.02. The molecule has 0 saturated carbocycles. The number of rotatable bonds is 3. The zero-order valence-electron chi connectivity index (χ0n) is 14.4. The topological polar surface area (TPSA) is 43.8 Å². The monoisotopic (exact) mass is 350 g/mol. The van der Waals surface area contributed by atoms with E-state index >= 15 is 0 Å². The summed E-state index contributed by atoms with van der Waals surface area (Å²) in [4.78, 5) is 17.1. The molecule has 2 aliphatic rings. The average Bonchev–Trinajstić information content (AvgIpc) is 2.58. The van der Waals surface area contributed by atoms with Gasteiger partial charge in [0.15, 0.2) is 0 Å². The quantitative estimate of drug-likeness (QED) is 0.907. The fourth-order valence-corrected chi connectivity index (χ4v) is 4.10. The Kier molecular flexibility index (Phi) is 5.67. The summed E-state index contributed by atoms with van der Waals surface area (Å²) in [5, 5.41) is 10.6. The van der Waals surface area contributed by atoms with Crippen molar-refractivity contribution in [3.63, 3.8) is 0 Å². The molecule has 1 N–H and O–H groups in total. The minimum atomic E-state index is 0.166. The second-order valence-electron chi connectivity index (χ2n) is 7.36. The van der Waals surface area contributed by atoms with Gasteiger partial charge in [-0.1, -0.05) is 18.5 Å². The van der Waals surface area contributed by atoms with E-state index in [1.54, 1.807) is 12.1 Å². The van der Waals surface area contributed by atoms with Gasteiger partial charge in [-0.15, -0.1) is 0 Å². The molecule has 24 heavy (non-hydrogen) atoms. The zero-order valence-corrected chi connectivity index (χ0v) is 15.1. The number of aromatic hydroxyl groups is 1. The minimum Gasteiger partial charge on any atom is -0.508 e. The molecule has 3 rings (SSSR count). The number of benzene rings is 1. The molecule has 1 aromatic rings. The number of phenols is 1. The van der Waals surface area contributed by atoms with Gasteiger partial charge in [-0.05, 0) is 62.9 Å². The van der Waals surface area contributed by atoms with Crippen LogP contribution in [0.2, 0.25) is 5.02 Å². The minimum absolute atomic E-state index is 0.166. The first-order chi connectivity index (χ1) is 11.5. The van der Waals surface area contributed by atoms with Gasteiger partial charge in [-0.3, -0.25) is 9.69 Å². The molecule has 132 valence electrons. The maximum atomic E-state index is 12.7. The lowest BCUT2D eigenvalue weighted by Gasteiger charge is -2.37. The Hall–Kier alpha value is -1.26. The Bertz CT molecular complexity index is 585. The van der Waals surface area contributed by atoms with Gasteiger partial charge in [0.25, 0.3) is 0 Å². The summed E-state index contributed by atoms with van der Waals surface area (Å²) in [6, 6.07) is 5.17. The number of carbonyl (C=O) groups is 1. The summed E-state index contributed by atoms with van der Waals surface area (Å²) in [6.45, 7) is 6.57. The number of nitrogens with zero attached hydrogens (tertiary/aromatic N) is 2. The molecule has 2 fully saturated rings. The zero-order chi connectivity index (χ0) is 17.1. The molecule has 0 aromatic heterocycles. The maximum absolute atomic E-state index is 12.7. The highest BCUT2D eigenvalue weighted by Crippen LogP contribution is 2.27. The van der Waals surface area contributed by atoms with Gasteiger partial charge in [0.05, 0.1) is 0 Å². The Balaban J connectivity index is 1.52. The molecule has 1 atom stereocenters. The predicted molar refractivity (Wildman–Crippen MR) is 96.1 cm³/mol. The number of hydrogen-bond donors (Lipinski definition) is 1. The number of phenolic OH excluding ortho intramolecular Hbond substituents is 1. The summed E-state index contributed by atoms with van der Waals surface area (Å²) in [6.07, 6.45) is 4.20. The van der Waals surface area contributed by atoms with E-state index in [1.807, 2.05) is 6.07 Å². The van der Waals surface area contributed by atoms with Gasteiger partial charge < -0.3 is 10.0 Å². The van der Waals surface area contributed by atoms with Crippen LogP contribution in [0.15, 0.2) is 18.2 Å². The van der Waals surface area contributed by atoms with Crippen LogP contribution in [-0.2, 0) is 11.3 Å². The first-order valence-electron chi connectivity index (χ1n) is 9.01. The van der Waals surface area contributed by atoms with Crippen molar-refractivity contribution >= 4 is 17.5 Å². The number of hydrogen-bond acceptors (Lipinski definition) is 3. The van der Waals surface area contributed by atoms with Gasteiger partial charge in [0, 0.05) is 36.1 Å². The highest BCUT2D eigenvalue weighted by Gasteiger charge is 2.30. The van der Waals surface area contributed by atoms with E-state index in [-0.39, 0.29) is 5.92 Å². The van der Waals surface area contributed by atoms with E-state index in [9.17, 15) is 9.90 Å². The molecule has 0 radical (unpaired) electrons. The van der Waals surface area contributed by atoms with Crippen molar-refractivity contribution in [2.45, 2.75) is 39.2 Å². The van der Waals surface area contributed by atoms with E-state index < -0.39 is 0 Å². The van der Waals surface area contributed by atoms with Gasteiger partial charge in [0.2, 0.25) is 5.91 Å². The molecule has 5 heteroatoms. The standard InChI is InChI=1S/C19H27ClN2O2/c1-14-3-2-8-22(12-14)19(24)15-6-9-21(10-7-15)13-16-11-17(20)4-5-18(16)23/h4-5,11,14-15,23H,2-3,6-10,12-13H2,1H3/t14-/m0/s1. The SMILES string of the molecule is C[C@H]1CCCN(C(=O)C2CCN(Cc3cc(Cl)ccc3O)CC2)C1. The van der Waals surface area contributed by atoms with Gasteiger partial charge in [-0.25, -0.2) is 0 Å². The fourth-order valence-electron chi connectivity index (χ4n) is 3.91. The van der Waals surface area contributed by atoms with Crippen LogP contribution in [0.3, 0.4) is 0 Å². The average molecular weight is 351 g/mol. The van der Waals surface area contributed by atoms with E-state index in [0.717, 1.165) is 51.0 Å². The molecule has 4 nitrogen and oxygen atoms in total. The van der Waals surface area contributed by atoms with Crippen molar-refractivity contribution in [1.82, 2.24) is 9.80 Å². The van der Waals surface area contributed by atoms with Crippen molar-refractivity contribution in [3.05, 3.63) is 28.8 Å². The third kappa shape index (κ3) is 4.22. The van der Waals surface area contributed by atoms with Crippen molar-refractivity contribution < 1.29 is 9.90 Å². The van der Waals surface area contributed by atoms with Crippen LogP contribution in [0, 0.1) is 11.8 Å². The molecule has 0 unspecified atom stereocenters. The van der Waals surface area contributed by atoms with Crippen LogP contribution in [0.25, 0.3) is 0 Å². The molecule has 1 amide bonds. The van der Waals surface area contributed by atoms with Gasteiger partial charge in [0.1, 0.15) is 5.75 Å². The van der Waals surface area contributed by atoms with Gasteiger partial charge >= 0.3 is 0 Å². The Morgan fingerprint density at radius 2 is 2.00 bits per heavy atom. The van der Waals surface area contributed by atoms with Crippen LogP contribution in [0.5, 0.6) is 5.75 Å². The lowest BCUT2D eigenvalue weighted by molar-refractivity contribution is -0.138. The molecule has 0 aliphatic carbocycles. The fraction of sp³-hybridized carbons (Fsp3) is 0.632. The second kappa shape index (κ2) is 7.75. The van der Waals surface area contributed by atoms with Crippen LogP contribution >= 0.6 is 11.6 Å². The molecule has 0 spiro atoms. The van der Waals surface area contributed by atoms with E-state index in [1.165, 1.54) is 6.42 Å². The van der Waals surface area contributed by atoms with Crippen LogP contribution in [0.4, 0.5) is 0 Å². The smallest absolute Gasteiger partial charge is 0.225 e. The molecule has 1 aromatic carbocycles. The highest BCUT2D eigenvalue weighted by molar-refractivity contribution is 6.30. The normalized spacial score (nSPS) is 23.4. The van der Waals surface area contributed by atoms with E-state index in [0.29, 0.717) is 29.1 Å². The van der Waals surface area contributed by atoms with Gasteiger partial charge in [-0.2, -0.15) is 0 Å². The van der Waals surface area contributed by atoms with Crippen LogP contribution in [-0.4, -0.2) is 47.0 Å². The summed E-state index contributed by atoms with van der Waals surface area (Å²) in [5.41, 5.74) is 0.858. The lowest BCUT2D eigenvalue weighted by atomic mass is 9.92. The van der Waals surface area contributed by atoms with Crippen molar-refractivity contribution in [3.8, 4) is 5.75 Å². The summed E-state index contributed by atoms with van der Waals surface area (Å²) in [7, 11) is 0. The first kappa shape index (κ1) is 17.6. The number of likely N-dealkylation sites (tertiary alicyclic amines) is 2. The van der Waals surface area contributed by atoms with Crippen molar-refractivity contribution in [2.24, 2.45) is 11.8 Å². The number of amides is 1. The summed E-state index contributed by atoms with van der Waals surface area (Å²) < 4.78 is 0. The highest BCUT2D eigenvalue weighted by atomic mass is 35.5. The largest absolute Gasteiger partial charge is 0.508 e. The lowest BCUT2D eigenvalue weighted by Crippen LogP contribution is -2.45.